The topological polar surface area (TPSA) is 68.5 Å². The molecule has 3 rings (SSSR count). The van der Waals surface area contributed by atoms with Crippen molar-refractivity contribution < 1.29 is 14.1 Å². The molecule has 1 saturated heterocycles. The van der Waals surface area contributed by atoms with E-state index in [9.17, 15) is 4.79 Å². The van der Waals surface area contributed by atoms with E-state index in [2.05, 4.69) is 10.1 Å². The average molecular weight is 343 g/mol. The number of rotatable bonds is 6. The molecule has 0 bridgehead atoms. The summed E-state index contributed by atoms with van der Waals surface area (Å²) in [5.74, 6) is 1.74. The molecule has 1 aliphatic rings. The van der Waals surface area contributed by atoms with Crippen molar-refractivity contribution in [3.8, 4) is 11.4 Å². The van der Waals surface area contributed by atoms with Crippen LogP contribution < -0.4 is 0 Å². The number of carbonyl (C=O) groups is 1. The van der Waals surface area contributed by atoms with Crippen LogP contribution in [0.2, 0.25) is 0 Å². The van der Waals surface area contributed by atoms with Gasteiger partial charge in [-0.2, -0.15) is 4.98 Å². The number of piperidine rings is 1. The summed E-state index contributed by atoms with van der Waals surface area (Å²) in [7, 11) is 1.68. The lowest BCUT2D eigenvalue weighted by atomic mass is 9.96. The fraction of sp³-hybridized carbons (Fsp3) is 0.526. The zero-order valence-corrected chi connectivity index (χ0v) is 14.9. The van der Waals surface area contributed by atoms with E-state index in [4.69, 9.17) is 9.26 Å². The van der Waals surface area contributed by atoms with E-state index >= 15 is 0 Å². The van der Waals surface area contributed by atoms with Crippen LogP contribution in [0.25, 0.3) is 11.4 Å². The van der Waals surface area contributed by atoms with Gasteiger partial charge in [0, 0.05) is 38.1 Å². The first-order valence-corrected chi connectivity index (χ1v) is 8.87. The highest BCUT2D eigenvalue weighted by Crippen LogP contribution is 2.28. The minimum absolute atomic E-state index is 0.122. The van der Waals surface area contributed by atoms with Gasteiger partial charge in [-0.3, -0.25) is 4.79 Å². The molecule has 1 aromatic heterocycles. The van der Waals surface area contributed by atoms with E-state index in [1.54, 1.807) is 7.11 Å². The Bertz CT molecular complexity index is 678. The number of methoxy groups -OCH3 is 1. The lowest BCUT2D eigenvalue weighted by Gasteiger charge is -2.30. The second-order valence-electron chi connectivity index (χ2n) is 6.56. The molecule has 1 unspecified atom stereocenters. The molecule has 1 aromatic carbocycles. The van der Waals surface area contributed by atoms with E-state index in [1.165, 1.54) is 0 Å². The first-order valence-electron chi connectivity index (χ1n) is 8.87. The van der Waals surface area contributed by atoms with Crippen LogP contribution in [-0.4, -0.2) is 47.3 Å². The molecule has 0 saturated carbocycles. The standard InChI is InChI=1S/C19H25N3O3/c1-14(24-2)8-9-17(23)22-12-10-16(11-13-22)19-20-18(21-25-19)15-6-4-3-5-7-15/h3-7,14,16H,8-13H2,1-2H3. The average Bonchev–Trinajstić information content (AvgIpc) is 3.17. The maximum atomic E-state index is 12.3. The van der Waals surface area contributed by atoms with Crippen molar-refractivity contribution in [3.63, 3.8) is 0 Å². The molecule has 1 atom stereocenters. The third-order valence-electron chi connectivity index (χ3n) is 4.84. The van der Waals surface area contributed by atoms with Crippen LogP contribution in [0.3, 0.4) is 0 Å². The Hall–Kier alpha value is -2.21. The lowest BCUT2D eigenvalue weighted by molar-refractivity contribution is -0.133. The van der Waals surface area contributed by atoms with Crippen LogP contribution in [0, 0.1) is 0 Å². The van der Waals surface area contributed by atoms with Gasteiger partial charge < -0.3 is 14.2 Å². The quantitative estimate of drug-likeness (QED) is 0.805. The smallest absolute Gasteiger partial charge is 0.230 e. The number of benzene rings is 1. The number of ether oxygens (including phenoxy) is 1. The van der Waals surface area contributed by atoms with Crippen molar-refractivity contribution in [1.29, 1.82) is 0 Å². The Kier molecular flexibility index (Phi) is 5.81. The van der Waals surface area contributed by atoms with Gasteiger partial charge in [-0.15, -0.1) is 0 Å². The fourth-order valence-corrected chi connectivity index (χ4v) is 3.08. The van der Waals surface area contributed by atoms with Crippen molar-refractivity contribution in [2.24, 2.45) is 0 Å². The Balaban J connectivity index is 1.53. The molecule has 0 aliphatic carbocycles. The van der Waals surface area contributed by atoms with Crippen LogP contribution >= 0.6 is 0 Å². The molecule has 1 aliphatic heterocycles. The fourth-order valence-electron chi connectivity index (χ4n) is 3.08. The van der Waals surface area contributed by atoms with Gasteiger partial charge in [-0.05, 0) is 26.2 Å². The number of carbonyl (C=O) groups excluding carboxylic acids is 1. The Morgan fingerprint density at radius 1 is 1.32 bits per heavy atom. The molecule has 1 amide bonds. The zero-order chi connectivity index (χ0) is 17.6. The Morgan fingerprint density at radius 3 is 2.72 bits per heavy atom. The summed E-state index contributed by atoms with van der Waals surface area (Å²) in [6.45, 7) is 3.47. The second kappa shape index (κ2) is 8.25. The molecule has 134 valence electrons. The van der Waals surface area contributed by atoms with Crippen LogP contribution in [0.5, 0.6) is 0 Å². The molecule has 0 radical (unpaired) electrons. The number of hydrogen-bond donors (Lipinski definition) is 0. The van der Waals surface area contributed by atoms with Crippen molar-refractivity contribution in [2.75, 3.05) is 20.2 Å². The summed E-state index contributed by atoms with van der Waals surface area (Å²) in [6.07, 6.45) is 3.15. The number of aromatic nitrogens is 2. The van der Waals surface area contributed by atoms with E-state index in [1.807, 2.05) is 42.2 Å². The maximum absolute atomic E-state index is 12.3. The Morgan fingerprint density at radius 2 is 2.04 bits per heavy atom. The summed E-state index contributed by atoms with van der Waals surface area (Å²) >= 11 is 0. The maximum Gasteiger partial charge on any atom is 0.230 e. The predicted octanol–water partition coefficient (Wildman–Crippen LogP) is 3.26. The summed E-state index contributed by atoms with van der Waals surface area (Å²) in [4.78, 5) is 18.8. The molecule has 1 fully saturated rings. The predicted molar refractivity (Wildman–Crippen MR) is 94.0 cm³/mol. The largest absolute Gasteiger partial charge is 0.382 e. The van der Waals surface area contributed by atoms with E-state index < -0.39 is 0 Å². The summed E-state index contributed by atoms with van der Waals surface area (Å²) < 4.78 is 10.7. The highest BCUT2D eigenvalue weighted by Gasteiger charge is 2.27. The minimum atomic E-state index is 0.122. The van der Waals surface area contributed by atoms with Gasteiger partial charge in [-0.1, -0.05) is 35.5 Å². The van der Waals surface area contributed by atoms with Crippen LogP contribution in [0.15, 0.2) is 34.9 Å². The van der Waals surface area contributed by atoms with Crippen LogP contribution in [0.1, 0.15) is 44.4 Å². The summed E-state index contributed by atoms with van der Waals surface area (Å²) in [6, 6.07) is 9.82. The highest BCUT2D eigenvalue weighted by atomic mass is 16.5. The minimum Gasteiger partial charge on any atom is -0.382 e. The molecule has 6 heteroatoms. The van der Waals surface area contributed by atoms with Gasteiger partial charge in [-0.25, -0.2) is 0 Å². The first kappa shape index (κ1) is 17.6. The molecular formula is C19H25N3O3. The van der Waals surface area contributed by atoms with Crippen molar-refractivity contribution in [1.82, 2.24) is 15.0 Å². The zero-order valence-electron chi connectivity index (χ0n) is 14.9. The highest BCUT2D eigenvalue weighted by molar-refractivity contribution is 5.76. The van der Waals surface area contributed by atoms with E-state index in [0.29, 0.717) is 18.1 Å². The number of nitrogens with zero attached hydrogens (tertiary/aromatic N) is 3. The second-order valence-corrected chi connectivity index (χ2v) is 6.56. The third-order valence-corrected chi connectivity index (χ3v) is 4.84. The number of hydrogen-bond acceptors (Lipinski definition) is 5. The van der Waals surface area contributed by atoms with Crippen molar-refractivity contribution >= 4 is 5.91 Å². The molecule has 0 N–H and O–H groups in total. The van der Waals surface area contributed by atoms with Gasteiger partial charge >= 0.3 is 0 Å². The molecule has 6 nitrogen and oxygen atoms in total. The summed E-state index contributed by atoms with van der Waals surface area (Å²) in [5.41, 5.74) is 0.956. The summed E-state index contributed by atoms with van der Waals surface area (Å²) in [5, 5.41) is 4.09. The molecular weight excluding hydrogens is 318 g/mol. The number of likely N-dealkylation sites (tertiary alicyclic amines) is 1. The monoisotopic (exact) mass is 343 g/mol. The van der Waals surface area contributed by atoms with Gasteiger partial charge in [0.1, 0.15) is 0 Å². The van der Waals surface area contributed by atoms with E-state index in [-0.39, 0.29) is 17.9 Å². The molecule has 0 spiro atoms. The number of amides is 1. The molecule has 2 heterocycles. The van der Waals surface area contributed by atoms with Crippen LogP contribution in [0.4, 0.5) is 0 Å². The molecule has 2 aromatic rings. The molecule has 25 heavy (non-hydrogen) atoms. The van der Waals surface area contributed by atoms with Gasteiger partial charge in [0.15, 0.2) is 0 Å². The van der Waals surface area contributed by atoms with Crippen molar-refractivity contribution in [3.05, 3.63) is 36.2 Å². The van der Waals surface area contributed by atoms with Crippen molar-refractivity contribution in [2.45, 2.75) is 44.6 Å². The van der Waals surface area contributed by atoms with Gasteiger partial charge in [0.05, 0.1) is 6.10 Å². The third kappa shape index (κ3) is 4.45. The van der Waals surface area contributed by atoms with Gasteiger partial charge in [0.25, 0.3) is 0 Å². The van der Waals surface area contributed by atoms with E-state index in [0.717, 1.165) is 37.9 Å². The first-order chi connectivity index (χ1) is 12.2. The SMILES string of the molecule is COC(C)CCC(=O)N1CCC(c2nc(-c3ccccc3)no2)CC1. The Labute approximate surface area is 148 Å². The van der Waals surface area contributed by atoms with Gasteiger partial charge in [0.2, 0.25) is 17.6 Å². The normalized spacial score (nSPS) is 16.8. The van der Waals surface area contributed by atoms with Crippen LogP contribution in [-0.2, 0) is 9.53 Å². The lowest BCUT2D eigenvalue weighted by Crippen LogP contribution is -2.38.